The molecule has 0 aromatic carbocycles. The van der Waals surface area contributed by atoms with E-state index in [0.717, 1.165) is 5.92 Å². The standard InChI is InChI=1S/C7H14O/c1-6-4-3-5-7(6)8-2/h6-7H,3-5H2,1-2H3. The van der Waals surface area contributed by atoms with E-state index in [4.69, 9.17) is 4.74 Å². The van der Waals surface area contributed by atoms with Crippen molar-refractivity contribution >= 4 is 0 Å². The van der Waals surface area contributed by atoms with Gasteiger partial charge >= 0.3 is 0 Å². The second kappa shape index (κ2) is 2.49. The van der Waals surface area contributed by atoms with Crippen molar-refractivity contribution in [2.45, 2.75) is 32.3 Å². The van der Waals surface area contributed by atoms with Crippen LogP contribution < -0.4 is 0 Å². The second-order valence-electron chi connectivity index (χ2n) is 2.68. The lowest BCUT2D eigenvalue weighted by Crippen LogP contribution is -2.12. The molecular formula is C7H14O. The molecule has 1 heteroatoms. The van der Waals surface area contributed by atoms with Gasteiger partial charge in [0.25, 0.3) is 0 Å². The van der Waals surface area contributed by atoms with Crippen LogP contribution in [-0.4, -0.2) is 13.2 Å². The minimum Gasteiger partial charge on any atom is -0.381 e. The summed E-state index contributed by atoms with van der Waals surface area (Å²) in [4.78, 5) is 0. The zero-order valence-corrected chi connectivity index (χ0v) is 5.68. The zero-order valence-electron chi connectivity index (χ0n) is 5.68. The van der Waals surface area contributed by atoms with Crippen LogP contribution in [-0.2, 0) is 4.74 Å². The highest BCUT2D eigenvalue weighted by atomic mass is 16.5. The first-order valence-electron chi connectivity index (χ1n) is 3.37. The Balaban J connectivity index is 2.30. The molecule has 48 valence electrons. The van der Waals surface area contributed by atoms with Crippen LogP contribution in [0.3, 0.4) is 0 Å². The lowest BCUT2D eigenvalue weighted by molar-refractivity contribution is 0.0775. The molecule has 1 aliphatic rings. The smallest absolute Gasteiger partial charge is 0.0596 e. The molecule has 1 nitrogen and oxygen atoms in total. The summed E-state index contributed by atoms with van der Waals surface area (Å²) in [5, 5.41) is 0. The molecule has 0 aliphatic heterocycles. The maximum Gasteiger partial charge on any atom is 0.0596 e. The Hall–Kier alpha value is -0.0400. The molecule has 1 fully saturated rings. The van der Waals surface area contributed by atoms with Gasteiger partial charge in [0.15, 0.2) is 0 Å². The molecule has 8 heavy (non-hydrogen) atoms. The molecule has 1 aliphatic carbocycles. The van der Waals surface area contributed by atoms with Crippen LogP contribution in [0.2, 0.25) is 0 Å². The van der Waals surface area contributed by atoms with Gasteiger partial charge in [-0.2, -0.15) is 0 Å². The summed E-state index contributed by atoms with van der Waals surface area (Å²) in [6.07, 6.45) is 4.56. The van der Waals surface area contributed by atoms with Gasteiger partial charge in [0.2, 0.25) is 0 Å². The van der Waals surface area contributed by atoms with Crippen molar-refractivity contribution in [1.29, 1.82) is 0 Å². The minimum absolute atomic E-state index is 0.565. The van der Waals surface area contributed by atoms with Gasteiger partial charge in [0, 0.05) is 7.11 Å². The van der Waals surface area contributed by atoms with Gasteiger partial charge in [-0.15, -0.1) is 0 Å². The second-order valence-corrected chi connectivity index (χ2v) is 2.68. The maximum absolute atomic E-state index is 5.22. The molecule has 0 aromatic heterocycles. The normalized spacial score (nSPS) is 38.2. The molecule has 0 heterocycles. The van der Waals surface area contributed by atoms with Gasteiger partial charge in [0.1, 0.15) is 0 Å². The third kappa shape index (κ3) is 1.03. The molecule has 0 aromatic rings. The van der Waals surface area contributed by atoms with E-state index in [-0.39, 0.29) is 0 Å². The third-order valence-corrected chi connectivity index (χ3v) is 2.09. The van der Waals surface area contributed by atoms with E-state index in [2.05, 4.69) is 6.92 Å². The van der Waals surface area contributed by atoms with Gasteiger partial charge in [-0.3, -0.25) is 0 Å². The summed E-state index contributed by atoms with van der Waals surface area (Å²) >= 11 is 0. The van der Waals surface area contributed by atoms with Crippen LogP contribution in [0.5, 0.6) is 0 Å². The summed E-state index contributed by atoms with van der Waals surface area (Å²) in [7, 11) is 1.81. The highest BCUT2D eigenvalue weighted by molar-refractivity contribution is 4.73. The first-order chi connectivity index (χ1) is 3.84. The molecule has 1 rings (SSSR count). The number of rotatable bonds is 1. The van der Waals surface area contributed by atoms with Crippen molar-refractivity contribution in [3.05, 3.63) is 0 Å². The quantitative estimate of drug-likeness (QED) is 0.505. The van der Waals surface area contributed by atoms with Crippen LogP contribution in [0.1, 0.15) is 26.2 Å². The predicted octanol–water partition coefficient (Wildman–Crippen LogP) is 1.82. The highest BCUT2D eigenvalue weighted by Crippen LogP contribution is 2.26. The van der Waals surface area contributed by atoms with Gasteiger partial charge in [0.05, 0.1) is 6.10 Å². The van der Waals surface area contributed by atoms with E-state index in [1.54, 1.807) is 0 Å². The molecule has 2 atom stereocenters. The predicted molar refractivity (Wildman–Crippen MR) is 33.8 cm³/mol. The Bertz CT molecular complexity index is 70.8. The minimum atomic E-state index is 0.565. The van der Waals surface area contributed by atoms with Crippen molar-refractivity contribution < 1.29 is 4.74 Å². The van der Waals surface area contributed by atoms with E-state index < -0.39 is 0 Å². The average Bonchev–Trinajstić information content (AvgIpc) is 2.14. The molecule has 2 unspecified atom stereocenters. The lowest BCUT2D eigenvalue weighted by Gasteiger charge is -2.11. The van der Waals surface area contributed by atoms with Crippen LogP contribution in [0.15, 0.2) is 0 Å². The lowest BCUT2D eigenvalue weighted by atomic mass is 10.1. The Morgan fingerprint density at radius 2 is 2.12 bits per heavy atom. The first kappa shape index (κ1) is 6.09. The van der Waals surface area contributed by atoms with Gasteiger partial charge in [-0.25, -0.2) is 0 Å². The topological polar surface area (TPSA) is 9.23 Å². The largest absolute Gasteiger partial charge is 0.381 e. The van der Waals surface area contributed by atoms with Crippen LogP contribution in [0.4, 0.5) is 0 Å². The van der Waals surface area contributed by atoms with Crippen molar-refractivity contribution in [3.8, 4) is 0 Å². The van der Waals surface area contributed by atoms with E-state index in [1.807, 2.05) is 7.11 Å². The molecule has 0 saturated heterocycles. The van der Waals surface area contributed by atoms with Crippen molar-refractivity contribution in [2.24, 2.45) is 5.92 Å². The molecule has 0 amide bonds. The summed E-state index contributed by atoms with van der Waals surface area (Å²) in [6.45, 7) is 2.27. The van der Waals surface area contributed by atoms with Crippen LogP contribution in [0.25, 0.3) is 0 Å². The molecular weight excluding hydrogens is 100 g/mol. The number of ether oxygens (including phenoxy) is 1. The SMILES string of the molecule is COC1CCCC1C. The summed E-state index contributed by atoms with van der Waals surface area (Å²) in [6, 6.07) is 0. The highest BCUT2D eigenvalue weighted by Gasteiger charge is 2.21. The maximum atomic E-state index is 5.22. The summed E-state index contributed by atoms with van der Waals surface area (Å²) in [5.74, 6) is 0.806. The average molecular weight is 114 g/mol. The van der Waals surface area contributed by atoms with Crippen LogP contribution >= 0.6 is 0 Å². The third-order valence-electron chi connectivity index (χ3n) is 2.09. The van der Waals surface area contributed by atoms with Crippen LogP contribution in [0, 0.1) is 5.92 Å². The molecule has 0 spiro atoms. The fourth-order valence-electron chi connectivity index (χ4n) is 1.46. The summed E-state index contributed by atoms with van der Waals surface area (Å²) in [5.41, 5.74) is 0. The Kier molecular flexibility index (Phi) is 1.90. The van der Waals surface area contributed by atoms with E-state index in [0.29, 0.717) is 6.10 Å². The zero-order chi connectivity index (χ0) is 5.98. The number of hydrogen-bond acceptors (Lipinski definition) is 1. The Labute approximate surface area is 51.0 Å². The van der Waals surface area contributed by atoms with Gasteiger partial charge in [-0.05, 0) is 18.8 Å². The first-order valence-corrected chi connectivity index (χ1v) is 3.37. The molecule has 1 saturated carbocycles. The Morgan fingerprint density at radius 1 is 1.38 bits per heavy atom. The van der Waals surface area contributed by atoms with E-state index in [9.17, 15) is 0 Å². The van der Waals surface area contributed by atoms with Crippen molar-refractivity contribution in [1.82, 2.24) is 0 Å². The fourth-order valence-corrected chi connectivity index (χ4v) is 1.46. The Morgan fingerprint density at radius 3 is 2.38 bits per heavy atom. The monoisotopic (exact) mass is 114 g/mol. The molecule has 0 bridgehead atoms. The van der Waals surface area contributed by atoms with Gasteiger partial charge < -0.3 is 4.74 Å². The number of hydrogen-bond donors (Lipinski definition) is 0. The van der Waals surface area contributed by atoms with Gasteiger partial charge in [-0.1, -0.05) is 13.3 Å². The van der Waals surface area contributed by atoms with Crippen molar-refractivity contribution in [3.63, 3.8) is 0 Å². The molecule has 0 N–H and O–H groups in total. The van der Waals surface area contributed by atoms with E-state index in [1.165, 1.54) is 19.3 Å². The number of methoxy groups -OCH3 is 1. The molecule has 0 radical (unpaired) electrons. The summed E-state index contributed by atoms with van der Waals surface area (Å²) < 4.78 is 5.22. The van der Waals surface area contributed by atoms with Crippen molar-refractivity contribution in [2.75, 3.05) is 7.11 Å². The van der Waals surface area contributed by atoms with E-state index >= 15 is 0 Å². The fraction of sp³-hybridized carbons (Fsp3) is 1.00.